The number of carbonyl (C=O) groups is 1. The number of aryl methyl sites for hydroxylation is 3. The Bertz CT molecular complexity index is 1310. The van der Waals surface area contributed by atoms with E-state index in [1.807, 2.05) is 39.0 Å². The number of nitrogens with zero attached hydrogens (tertiary/aromatic N) is 5. The Morgan fingerprint density at radius 2 is 1.76 bits per heavy atom. The Kier molecular flexibility index (Phi) is 6.71. The fourth-order valence-corrected chi connectivity index (χ4v) is 4.26. The van der Waals surface area contributed by atoms with Crippen LogP contribution in [0, 0.1) is 26.6 Å². The summed E-state index contributed by atoms with van der Waals surface area (Å²) < 4.78 is 14.8. The Balaban J connectivity index is 1.69. The molecule has 0 bridgehead atoms. The minimum atomic E-state index is -0.456. The minimum absolute atomic E-state index is 0.146. The Morgan fingerprint density at radius 1 is 1.06 bits per heavy atom. The number of carbonyl (C=O) groups excluding carboxylic acids is 1. The van der Waals surface area contributed by atoms with Crippen molar-refractivity contribution in [2.45, 2.75) is 31.7 Å². The molecule has 0 saturated heterocycles. The van der Waals surface area contributed by atoms with Gasteiger partial charge in [-0.05, 0) is 68.8 Å². The number of amides is 1. The van der Waals surface area contributed by atoms with Crippen LogP contribution in [0.15, 0.2) is 53.7 Å². The fourth-order valence-electron chi connectivity index (χ4n) is 3.14. The summed E-state index contributed by atoms with van der Waals surface area (Å²) in [4.78, 5) is 21.9. The summed E-state index contributed by atoms with van der Waals surface area (Å²) in [5.74, 6) is -0.503. The molecule has 0 aliphatic heterocycles. The third-order valence-electron chi connectivity index (χ3n) is 4.78. The molecule has 7 nitrogen and oxygen atoms in total. The number of thioether (sulfide) groups is 1. The zero-order valence-corrected chi connectivity index (χ0v) is 19.7. The van der Waals surface area contributed by atoms with Crippen LogP contribution in [-0.2, 0) is 5.75 Å². The van der Waals surface area contributed by atoms with Gasteiger partial charge in [-0.2, -0.15) is 0 Å². The molecule has 0 saturated carbocycles. The Morgan fingerprint density at radius 3 is 2.42 bits per heavy atom. The summed E-state index contributed by atoms with van der Waals surface area (Å²) in [6.45, 7) is 5.71. The van der Waals surface area contributed by atoms with E-state index in [0.29, 0.717) is 33.0 Å². The van der Waals surface area contributed by atoms with Crippen molar-refractivity contribution in [3.05, 3.63) is 87.7 Å². The lowest BCUT2D eigenvalue weighted by atomic mass is 10.2. The third-order valence-corrected chi connectivity index (χ3v) is 6.05. The highest BCUT2D eigenvalue weighted by molar-refractivity contribution is 7.98. The summed E-state index contributed by atoms with van der Waals surface area (Å²) in [7, 11) is 0. The molecule has 2 aromatic carbocycles. The number of aromatic nitrogens is 5. The number of hydrogen-bond donors (Lipinski definition) is 1. The zero-order chi connectivity index (χ0) is 23.5. The fraction of sp³-hybridized carbons (Fsp3) is 0.174. The first-order valence-electron chi connectivity index (χ1n) is 10.0. The van der Waals surface area contributed by atoms with Gasteiger partial charge in [-0.15, -0.1) is 5.10 Å². The standard InChI is InChI=1S/C23H20ClFN6OS/c1-13-4-9-18(11-19(13)24)31-20(12-33-23-26-14(2)10-15(3)27-23)21(29-30-31)22(32)28-17-7-5-16(25)6-8-17/h4-11H,12H2,1-3H3,(H,28,32). The molecule has 0 unspecified atom stereocenters. The van der Waals surface area contributed by atoms with Gasteiger partial charge in [-0.3, -0.25) is 4.79 Å². The number of nitrogens with one attached hydrogen (secondary N) is 1. The molecule has 0 fully saturated rings. The van der Waals surface area contributed by atoms with Crippen molar-refractivity contribution in [1.82, 2.24) is 25.0 Å². The molecule has 4 aromatic rings. The van der Waals surface area contributed by atoms with E-state index in [-0.39, 0.29) is 11.5 Å². The van der Waals surface area contributed by atoms with Crippen LogP contribution in [0.5, 0.6) is 0 Å². The summed E-state index contributed by atoms with van der Waals surface area (Å²) in [5.41, 5.74) is 4.47. The molecule has 1 N–H and O–H groups in total. The smallest absolute Gasteiger partial charge is 0.278 e. The number of halogens is 2. The van der Waals surface area contributed by atoms with Gasteiger partial charge in [0.2, 0.25) is 0 Å². The van der Waals surface area contributed by atoms with Crippen LogP contribution in [0.3, 0.4) is 0 Å². The maximum absolute atomic E-state index is 13.2. The van der Waals surface area contributed by atoms with Gasteiger partial charge in [0.1, 0.15) is 5.82 Å². The van der Waals surface area contributed by atoms with Crippen LogP contribution < -0.4 is 5.32 Å². The van der Waals surface area contributed by atoms with Crippen molar-refractivity contribution >= 4 is 35.0 Å². The van der Waals surface area contributed by atoms with Crippen molar-refractivity contribution in [3.63, 3.8) is 0 Å². The van der Waals surface area contributed by atoms with Gasteiger partial charge in [-0.1, -0.05) is 34.6 Å². The lowest BCUT2D eigenvalue weighted by Crippen LogP contribution is -2.15. The molecule has 0 aliphatic carbocycles. The quantitative estimate of drug-likeness (QED) is 0.295. The maximum Gasteiger partial charge on any atom is 0.278 e. The molecule has 0 atom stereocenters. The summed E-state index contributed by atoms with van der Waals surface area (Å²) >= 11 is 7.69. The Hall–Kier alpha value is -3.30. The highest BCUT2D eigenvalue weighted by Crippen LogP contribution is 2.26. The molecular formula is C23H20ClFN6OS. The van der Waals surface area contributed by atoms with Gasteiger partial charge < -0.3 is 5.32 Å². The van der Waals surface area contributed by atoms with Crippen LogP contribution in [0.2, 0.25) is 5.02 Å². The van der Waals surface area contributed by atoms with Crippen LogP contribution in [-0.4, -0.2) is 30.9 Å². The van der Waals surface area contributed by atoms with Crippen molar-refractivity contribution in [3.8, 4) is 5.69 Å². The normalized spacial score (nSPS) is 10.9. The van der Waals surface area contributed by atoms with Crippen LogP contribution in [0.4, 0.5) is 10.1 Å². The summed E-state index contributed by atoms with van der Waals surface area (Å²) in [6.07, 6.45) is 0. The lowest BCUT2D eigenvalue weighted by molar-refractivity contribution is 0.102. The van der Waals surface area contributed by atoms with E-state index < -0.39 is 5.91 Å². The maximum atomic E-state index is 13.2. The van der Waals surface area contributed by atoms with Crippen LogP contribution in [0.1, 0.15) is 33.1 Å². The van der Waals surface area contributed by atoms with Gasteiger partial charge in [0.15, 0.2) is 10.9 Å². The number of hydrogen-bond acceptors (Lipinski definition) is 6. The lowest BCUT2D eigenvalue weighted by Gasteiger charge is -2.10. The molecule has 168 valence electrons. The highest BCUT2D eigenvalue weighted by atomic mass is 35.5. The molecular weight excluding hydrogens is 463 g/mol. The molecule has 0 aliphatic rings. The van der Waals surface area contributed by atoms with Gasteiger partial charge in [0, 0.05) is 27.9 Å². The SMILES string of the molecule is Cc1cc(C)nc(SCc2c(C(=O)Nc3ccc(F)cc3)nnn2-c2ccc(C)c(Cl)c2)n1. The third kappa shape index (κ3) is 5.37. The van der Waals surface area contributed by atoms with E-state index in [1.54, 1.807) is 10.7 Å². The summed E-state index contributed by atoms with van der Waals surface area (Å²) in [6, 6.07) is 12.9. The topological polar surface area (TPSA) is 85.6 Å². The van der Waals surface area contributed by atoms with Gasteiger partial charge in [0.05, 0.1) is 11.4 Å². The van der Waals surface area contributed by atoms with Gasteiger partial charge in [-0.25, -0.2) is 19.0 Å². The van der Waals surface area contributed by atoms with Gasteiger partial charge in [0.25, 0.3) is 5.91 Å². The molecule has 0 radical (unpaired) electrons. The second-order valence-corrected chi connectivity index (χ2v) is 8.76. The average Bonchev–Trinajstić information content (AvgIpc) is 3.19. The average molecular weight is 483 g/mol. The molecule has 10 heteroatoms. The van der Waals surface area contributed by atoms with Crippen molar-refractivity contribution < 1.29 is 9.18 Å². The first-order chi connectivity index (χ1) is 15.8. The van der Waals surface area contributed by atoms with E-state index in [4.69, 9.17) is 11.6 Å². The van der Waals surface area contributed by atoms with Crippen molar-refractivity contribution in [1.29, 1.82) is 0 Å². The molecule has 4 rings (SSSR count). The number of benzene rings is 2. The molecule has 1 amide bonds. The van der Waals surface area contributed by atoms with Crippen molar-refractivity contribution in [2.24, 2.45) is 0 Å². The predicted octanol–water partition coefficient (Wildman–Crippen LogP) is 5.32. The van der Waals surface area contributed by atoms with E-state index in [0.717, 1.165) is 17.0 Å². The predicted molar refractivity (Wildman–Crippen MR) is 127 cm³/mol. The van der Waals surface area contributed by atoms with E-state index >= 15 is 0 Å². The minimum Gasteiger partial charge on any atom is -0.321 e. The zero-order valence-electron chi connectivity index (χ0n) is 18.1. The molecule has 0 spiro atoms. The van der Waals surface area contributed by atoms with Crippen molar-refractivity contribution in [2.75, 3.05) is 5.32 Å². The monoisotopic (exact) mass is 482 g/mol. The molecule has 2 aromatic heterocycles. The second kappa shape index (κ2) is 9.68. The molecule has 2 heterocycles. The Labute approximate surface area is 199 Å². The first kappa shape index (κ1) is 22.9. The second-order valence-electron chi connectivity index (χ2n) is 7.41. The highest BCUT2D eigenvalue weighted by Gasteiger charge is 2.22. The summed E-state index contributed by atoms with van der Waals surface area (Å²) in [5, 5.41) is 12.3. The van der Waals surface area contributed by atoms with E-state index in [2.05, 4.69) is 25.6 Å². The largest absolute Gasteiger partial charge is 0.321 e. The number of rotatable bonds is 6. The van der Waals surface area contributed by atoms with Crippen LogP contribution >= 0.6 is 23.4 Å². The van der Waals surface area contributed by atoms with Gasteiger partial charge >= 0.3 is 0 Å². The molecule has 33 heavy (non-hydrogen) atoms. The number of anilines is 1. The van der Waals surface area contributed by atoms with E-state index in [1.165, 1.54) is 36.0 Å². The first-order valence-corrected chi connectivity index (χ1v) is 11.4. The van der Waals surface area contributed by atoms with E-state index in [9.17, 15) is 9.18 Å². The van der Waals surface area contributed by atoms with Crippen LogP contribution in [0.25, 0.3) is 5.69 Å².